The van der Waals surface area contributed by atoms with Crippen LogP contribution in [0.4, 0.5) is 0 Å². The zero-order chi connectivity index (χ0) is 15.6. The largest absolute Gasteiger partial charge is 0.337 e. The predicted molar refractivity (Wildman–Crippen MR) is 92.1 cm³/mol. The average Bonchev–Trinajstić information content (AvgIpc) is 3.02. The van der Waals surface area contributed by atoms with Crippen LogP contribution >= 0.6 is 0 Å². The van der Waals surface area contributed by atoms with Crippen molar-refractivity contribution in [1.29, 1.82) is 0 Å². The van der Waals surface area contributed by atoms with Crippen molar-refractivity contribution in [2.45, 2.75) is 6.54 Å². The molecule has 3 heterocycles. The van der Waals surface area contributed by atoms with Crippen LogP contribution in [-0.2, 0) is 6.54 Å². The van der Waals surface area contributed by atoms with Gasteiger partial charge < -0.3 is 9.88 Å². The summed E-state index contributed by atoms with van der Waals surface area (Å²) in [7, 11) is 2.19. The SMILES string of the molecule is CN1CCN(Cc2ccc(-c3nc4ncccc4[nH]3)cc2)CC1. The summed E-state index contributed by atoms with van der Waals surface area (Å²) in [5.74, 6) is 0.879. The molecule has 0 amide bonds. The van der Waals surface area contributed by atoms with Crippen LogP contribution in [0.5, 0.6) is 0 Å². The third-order valence-corrected chi connectivity index (χ3v) is 4.49. The maximum Gasteiger partial charge on any atom is 0.178 e. The molecule has 1 aromatic carbocycles. The van der Waals surface area contributed by atoms with Crippen LogP contribution in [0.25, 0.3) is 22.6 Å². The number of benzene rings is 1. The summed E-state index contributed by atoms with van der Waals surface area (Å²) < 4.78 is 0. The normalized spacial score (nSPS) is 16.9. The Bertz CT molecular complexity index is 752. The number of hydrogen-bond acceptors (Lipinski definition) is 4. The highest BCUT2D eigenvalue weighted by Crippen LogP contribution is 2.20. The van der Waals surface area contributed by atoms with Gasteiger partial charge in [-0.05, 0) is 24.7 Å². The quantitative estimate of drug-likeness (QED) is 0.807. The molecule has 1 saturated heterocycles. The van der Waals surface area contributed by atoms with E-state index in [1.807, 2.05) is 12.1 Å². The summed E-state index contributed by atoms with van der Waals surface area (Å²) in [6, 6.07) is 12.6. The molecule has 1 fully saturated rings. The topological polar surface area (TPSA) is 48.1 Å². The Labute approximate surface area is 136 Å². The minimum Gasteiger partial charge on any atom is -0.337 e. The molecule has 0 radical (unpaired) electrons. The van der Waals surface area contributed by atoms with Crippen molar-refractivity contribution in [3.05, 3.63) is 48.2 Å². The van der Waals surface area contributed by atoms with Crippen molar-refractivity contribution in [3.8, 4) is 11.4 Å². The number of nitrogens with zero attached hydrogens (tertiary/aromatic N) is 4. The number of piperazine rings is 1. The van der Waals surface area contributed by atoms with Gasteiger partial charge in [-0.1, -0.05) is 24.3 Å². The van der Waals surface area contributed by atoms with Gasteiger partial charge in [-0.2, -0.15) is 0 Å². The molecule has 0 atom stereocenters. The van der Waals surface area contributed by atoms with Crippen LogP contribution in [0, 0.1) is 0 Å². The predicted octanol–water partition coefficient (Wildman–Crippen LogP) is 2.37. The molecule has 5 nitrogen and oxygen atoms in total. The fourth-order valence-corrected chi connectivity index (χ4v) is 3.01. The monoisotopic (exact) mass is 307 g/mol. The molecule has 1 aliphatic heterocycles. The zero-order valence-electron chi connectivity index (χ0n) is 13.4. The maximum atomic E-state index is 4.55. The van der Waals surface area contributed by atoms with Gasteiger partial charge in [-0.15, -0.1) is 0 Å². The summed E-state index contributed by atoms with van der Waals surface area (Å²) in [4.78, 5) is 17.1. The smallest absolute Gasteiger partial charge is 0.178 e. The molecule has 0 aliphatic carbocycles. The Morgan fingerprint density at radius 2 is 1.83 bits per heavy atom. The van der Waals surface area contributed by atoms with Crippen LogP contribution in [0.1, 0.15) is 5.56 Å². The standard InChI is InChI=1S/C18H21N5/c1-22-9-11-23(12-10-22)13-14-4-6-15(7-5-14)17-20-16-3-2-8-19-18(16)21-17/h2-8H,9-13H2,1H3,(H,19,20,21). The minimum atomic E-state index is 0.768. The van der Waals surface area contributed by atoms with Gasteiger partial charge in [0.2, 0.25) is 0 Å². The lowest BCUT2D eigenvalue weighted by molar-refractivity contribution is 0.148. The van der Waals surface area contributed by atoms with Gasteiger partial charge in [0.25, 0.3) is 0 Å². The third kappa shape index (κ3) is 3.11. The Morgan fingerprint density at radius 1 is 1.04 bits per heavy atom. The molecule has 0 saturated carbocycles. The zero-order valence-corrected chi connectivity index (χ0v) is 13.4. The van der Waals surface area contributed by atoms with E-state index in [2.05, 4.69) is 56.1 Å². The minimum absolute atomic E-state index is 0.768. The highest BCUT2D eigenvalue weighted by Gasteiger charge is 2.14. The van der Waals surface area contributed by atoms with Gasteiger partial charge in [0.15, 0.2) is 5.65 Å². The first-order chi connectivity index (χ1) is 11.3. The number of aromatic nitrogens is 3. The van der Waals surface area contributed by atoms with Crippen LogP contribution in [0.2, 0.25) is 0 Å². The van der Waals surface area contributed by atoms with E-state index in [9.17, 15) is 0 Å². The maximum absolute atomic E-state index is 4.55. The number of H-pyrrole nitrogens is 1. The second-order valence-corrected chi connectivity index (χ2v) is 6.24. The molecule has 0 spiro atoms. The summed E-state index contributed by atoms with van der Waals surface area (Å²) in [5, 5.41) is 0. The molecule has 5 heteroatoms. The average molecular weight is 307 g/mol. The Balaban J connectivity index is 1.49. The van der Waals surface area contributed by atoms with Crippen LogP contribution in [0.15, 0.2) is 42.6 Å². The molecule has 4 rings (SSSR count). The third-order valence-electron chi connectivity index (χ3n) is 4.49. The van der Waals surface area contributed by atoms with Gasteiger partial charge in [0.1, 0.15) is 5.82 Å². The Kier molecular flexibility index (Phi) is 3.81. The van der Waals surface area contributed by atoms with Crippen LogP contribution in [0.3, 0.4) is 0 Å². The van der Waals surface area contributed by atoms with Crippen molar-refractivity contribution in [1.82, 2.24) is 24.8 Å². The highest BCUT2D eigenvalue weighted by molar-refractivity contribution is 5.75. The molecule has 1 N–H and O–H groups in total. The first kappa shape index (κ1) is 14.4. The second kappa shape index (κ2) is 6.10. The Morgan fingerprint density at radius 3 is 2.57 bits per heavy atom. The summed E-state index contributed by atoms with van der Waals surface area (Å²) in [5.41, 5.74) is 4.20. The van der Waals surface area contributed by atoms with Gasteiger partial charge in [0.05, 0.1) is 5.52 Å². The Hall–Kier alpha value is -2.24. The van der Waals surface area contributed by atoms with E-state index in [1.54, 1.807) is 6.20 Å². The fraction of sp³-hybridized carbons (Fsp3) is 0.333. The van der Waals surface area contributed by atoms with Crippen molar-refractivity contribution >= 4 is 11.2 Å². The lowest BCUT2D eigenvalue weighted by Gasteiger charge is -2.32. The number of hydrogen-bond donors (Lipinski definition) is 1. The molecule has 118 valence electrons. The molecule has 0 unspecified atom stereocenters. The van der Waals surface area contributed by atoms with E-state index in [0.717, 1.165) is 55.3 Å². The highest BCUT2D eigenvalue weighted by atomic mass is 15.2. The number of rotatable bonds is 3. The van der Waals surface area contributed by atoms with Gasteiger partial charge >= 0.3 is 0 Å². The van der Waals surface area contributed by atoms with E-state index in [0.29, 0.717) is 0 Å². The molecule has 23 heavy (non-hydrogen) atoms. The number of likely N-dealkylation sites (N-methyl/N-ethyl adjacent to an activating group) is 1. The summed E-state index contributed by atoms with van der Waals surface area (Å²) >= 11 is 0. The van der Waals surface area contributed by atoms with Crippen LogP contribution < -0.4 is 0 Å². The van der Waals surface area contributed by atoms with E-state index in [4.69, 9.17) is 0 Å². The van der Waals surface area contributed by atoms with Crippen LogP contribution in [-0.4, -0.2) is 58.0 Å². The molecule has 0 bridgehead atoms. The molecular formula is C18H21N5. The summed E-state index contributed by atoms with van der Waals surface area (Å²) in [6.07, 6.45) is 1.77. The number of aromatic amines is 1. The van der Waals surface area contributed by atoms with Gasteiger partial charge in [-0.25, -0.2) is 9.97 Å². The van der Waals surface area contributed by atoms with E-state index in [1.165, 1.54) is 5.56 Å². The van der Waals surface area contributed by atoms with E-state index < -0.39 is 0 Å². The second-order valence-electron chi connectivity index (χ2n) is 6.24. The fourth-order valence-electron chi connectivity index (χ4n) is 3.01. The van der Waals surface area contributed by atoms with Gasteiger partial charge in [0, 0.05) is 44.5 Å². The van der Waals surface area contributed by atoms with Crippen molar-refractivity contribution in [3.63, 3.8) is 0 Å². The molecule has 3 aromatic rings. The number of pyridine rings is 1. The van der Waals surface area contributed by atoms with Gasteiger partial charge in [-0.3, -0.25) is 4.90 Å². The van der Waals surface area contributed by atoms with E-state index in [-0.39, 0.29) is 0 Å². The number of fused-ring (bicyclic) bond motifs is 1. The first-order valence-corrected chi connectivity index (χ1v) is 8.09. The number of nitrogens with one attached hydrogen (secondary N) is 1. The van der Waals surface area contributed by atoms with Crippen molar-refractivity contribution < 1.29 is 0 Å². The molecule has 2 aromatic heterocycles. The number of imidazole rings is 1. The van der Waals surface area contributed by atoms with E-state index >= 15 is 0 Å². The lowest BCUT2D eigenvalue weighted by Crippen LogP contribution is -2.43. The van der Waals surface area contributed by atoms with Crippen molar-refractivity contribution in [2.75, 3.05) is 33.2 Å². The van der Waals surface area contributed by atoms with Crippen molar-refractivity contribution in [2.24, 2.45) is 0 Å². The molecule has 1 aliphatic rings. The lowest BCUT2D eigenvalue weighted by atomic mass is 10.1. The summed E-state index contributed by atoms with van der Waals surface area (Å²) in [6.45, 7) is 5.63. The first-order valence-electron chi connectivity index (χ1n) is 8.09. The molecular weight excluding hydrogens is 286 g/mol.